The van der Waals surface area contributed by atoms with Gasteiger partial charge in [0.1, 0.15) is 6.04 Å². The molecule has 1 aromatic heterocycles. The molecule has 0 radical (unpaired) electrons. The summed E-state index contributed by atoms with van der Waals surface area (Å²) in [5.74, 6) is -0.122. The molecule has 3 aromatic rings. The molecule has 0 aliphatic heterocycles. The fraction of sp³-hybridized carbons (Fsp3) is 0.150. The molecule has 0 bridgehead atoms. The first-order valence-corrected chi connectivity index (χ1v) is 9.85. The van der Waals surface area contributed by atoms with Crippen molar-refractivity contribution in [2.75, 3.05) is 11.9 Å². The van der Waals surface area contributed by atoms with Crippen LogP contribution in [0.4, 0.5) is 5.69 Å². The van der Waals surface area contributed by atoms with Crippen molar-refractivity contribution < 1.29 is 10.1 Å². The van der Waals surface area contributed by atoms with Gasteiger partial charge < -0.3 is 10.6 Å². The maximum absolute atomic E-state index is 12.4. The van der Waals surface area contributed by atoms with Crippen molar-refractivity contribution in [3.05, 3.63) is 86.0 Å². The van der Waals surface area contributed by atoms with Crippen LogP contribution in [0.2, 0.25) is 10.0 Å². The maximum atomic E-state index is 12.4. The number of benzene rings is 2. The quantitative estimate of drug-likeness (QED) is 0.615. The van der Waals surface area contributed by atoms with E-state index < -0.39 is 0 Å². The van der Waals surface area contributed by atoms with Crippen molar-refractivity contribution in [3.8, 4) is 0 Å². The monoisotopic (exact) mass is 405 g/mol. The van der Waals surface area contributed by atoms with Crippen LogP contribution in [0.15, 0.2) is 60.0 Å². The average molecular weight is 406 g/mol. The smallest absolute Gasteiger partial charge is 0.279 e. The summed E-state index contributed by atoms with van der Waals surface area (Å²) in [5.41, 5.74) is 2.92. The summed E-state index contributed by atoms with van der Waals surface area (Å²) >= 11 is 13.8. The SMILES string of the molecule is Cc1ccc([C@H]([NH2+]CC(=O)Nc2cccc(Cl)c2Cl)c2cccs2)cc1. The van der Waals surface area contributed by atoms with Crippen molar-refractivity contribution in [3.63, 3.8) is 0 Å². The minimum atomic E-state index is -0.122. The summed E-state index contributed by atoms with van der Waals surface area (Å²) in [5, 5.41) is 7.69. The Bertz CT molecular complexity index is 879. The minimum Gasteiger partial charge on any atom is -0.328 e. The molecule has 1 heterocycles. The first-order chi connectivity index (χ1) is 12.5. The fourth-order valence-corrected chi connectivity index (χ4v) is 3.88. The summed E-state index contributed by atoms with van der Waals surface area (Å²) in [4.78, 5) is 13.6. The molecule has 6 heteroatoms. The average Bonchev–Trinajstić information content (AvgIpc) is 3.15. The topological polar surface area (TPSA) is 45.7 Å². The Hall–Kier alpha value is -1.85. The zero-order chi connectivity index (χ0) is 18.5. The van der Waals surface area contributed by atoms with Crippen LogP contribution < -0.4 is 10.6 Å². The largest absolute Gasteiger partial charge is 0.328 e. The van der Waals surface area contributed by atoms with E-state index in [9.17, 15) is 4.79 Å². The molecular weight excluding hydrogens is 387 g/mol. The highest BCUT2D eigenvalue weighted by Crippen LogP contribution is 2.29. The molecular formula is C20H19Cl2N2OS+. The second-order valence-corrected chi connectivity index (χ2v) is 7.76. The predicted molar refractivity (Wildman–Crippen MR) is 109 cm³/mol. The van der Waals surface area contributed by atoms with Crippen LogP contribution in [0.1, 0.15) is 22.0 Å². The molecule has 3 rings (SSSR count). The van der Waals surface area contributed by atoms with E-state index in [-0.39, 0.29) is 18.5 Å². The van der Waals surface area contributed by atoms with E-state index in [1.807, 2.05) is 11.4 Å². The Labute approximate surface area is 167 Å². The summed E-state index contributed by atoms with van der Waals surface area (Å²) in [6.07, 6.45) is 0. The molecule has 0 saturated heterocycles. The van der Waals surface area contributed by atoms with Gasteiger partial charge in [-0.15, -0.1) is 11.3 Å². The van der Waals surface area contributed by atoms with Crippen LogP contribution in [0.5, 0.6) is 0 Å². The van der Waals surface area contributed by atoms with Gasteiger partial charge in [0.25, 0.3) is 5.91 Å². The Morgan fingerprint density at radius 2 is 1.88 bits per heavy atom. The van der Waals surface area contributed by atoms with Crippen molar-refractivity contribution in [1.29, 1.82) is 0 Å². The van der Waals surface area contributed by atoms with Gasteiger partial charge in [0.15, 0.2) is 6.54 Å². The lowest BCUT2D eigenvalue weighted by atomic mass is 10.0. The zero-order valence-corrected chi connectivity index (χ0v) is 16.5. The molecule has 0 aliphatic carbocycles. The number of halogens is 2. The van der Waals surface area contributed by atoms with Gasteiger partial charge in [0.05, 0.1) is 20.6 Å². The van der Waals surface area contributed by atoms with Crippen LogP contribution in [0.25, 0.3) is 0 Å². The number of aryl methyl sites for hydroxylation is 1. The molecule has 0 fully saturated rings. The Balaban J connectivity index is 1.70. The molecule has 1 atom stereocenters. The van der Waals surface area contributed by atoms with Crippen molar-refractivity contribution in [2.45, 2.75) is 13.0 Å². The number of nitrogens with two attached hydrogens (primary N) is 1. The van der Waals surface area contributed by atoms with E-state index >= 15 is 0 Å². The van der Waals surface area contributed by atoms with Crippen LogP contribution >= 0.6 is 34.5 Å². The summed E-state index contributed by atoms with van der Waals surface area (Å²) in [6, 6.07) is 17.8. The lowest BCUT2D eigenvalue weighted by Gasteiger charge is -2.15. The van der Waals surface area contributed by atoms with Crippen LogP contribution in [-0.4, -0.2) is 12.5 Å². The predicted octanol–water partition coefficient (Wildman–Crippen LogP) is 4.65. The first-order valence-electron chi connectivity index (χ1n) is 8.22. The molecule has 2 aromatic carbocycles. The summed E-state index contributed by atoms with van der Waals surface area (Å²) < 4.78 is 0. The second kappa shape index (κ2) is 8.69. The highest BCUT2D eigenvalue weighted by Gasteiger charge is 2.20. The third-order valence-corrected chi connectivity index (χ3v) is 5.83. The minimum absolute atomic E-state index is 0.0798. The van der Waals surface area contributed by atoms with Crippen molar-refractivity contribution in [2.24, 2.45) is 0 Å². The highest BCUT2D eigenvalue weighted by molar-refractivity contribution is 7.10. The fourth-order valence-electron chi connectivity index (χ4n) is 2.68. The number of hydrogen-bond donors (Lipinski definition) is 2. The van der Waals surface area contributed by atoms with Gasteiger partial charge in [-0.1, -0.05) is 65.2 Å². The van der Waals surface area contributed by atoms with Gasteiger partial charge in [-0.05, 0) is 30.5 Å². The van der Waals surface area contributed by atoms with Gasteiger partial charge in [0, 0.05) is 5.56 Å². The Kier molecular flexibility index (Phi) is 6.33. The number of nitrogens with one attached hydrogen (secondary N) is 1. The van der Waals surface area contributed by atoms with Gasteiger partial charge in [0.2, 0.25) is 0 Å². The van der Waals surface area contributed by atoms with E-state index in [0.717, 1.165) is 0 Å². The van der Waals surface area contributed by atoms with E-state index in [0.29, 0.717) is 15.7 Å². The normalized spacial score (nSPS) is 12.0. The van der Waals surface area contributed by atoms with Gasteiger partial charge in [-0.2, -0.15) is 0 Å². The molecule has 0 saturated carbocycles. The summed E-state index contributed by atoms with van der Waals surface area (Å²) in [7, 11) is 0. The van der Waals surface area contributed by atoms with E-state index in [2.05, 4.69) is 48.0 Å². The third kappa shape index (κ3) is 4.65. The molecule has 26 heavy (non-hydrogen) atoms. The standard InChI is InChI=1S/C20H18Cl2N2OS/c1-13-7-9-14(10-8-13)20(17-6-3-11-26-17)23-12-18(25)24-16-5-2-4-15(21)19(16)22/h2-11,20,23H,12H2,1H3,(H,24,25)/p+1/t20-/m0/s1. The highest BCUT2D eigenvalue weighted by atomic mass is 35.5. The molecule has 0 aliphatic rings. The Morgan fingerprint density at radius 3 is 2.58 bits per heavy atom. The number of hydrogen-bond acceptors (Lipinski definition) is 2. The van der Waals surface area contributed by atoms with Crippen LogP contribution in [0.3, 0.4) is 0 Å². The molecule has 3 nitrogen and oxygen atoms in total. The number of amides is 1. The number of rotatable bonds is 6. The van der Waals surface area contributed by atoms with E-state index in [1.54, 1.807) is 29.5 Å². The maximum Gasteiger partial charge on any atom is 0.279 e. The van der Waals surface area contributed by atoms with E-state index in [4.69, 9.17) is 23.2 Å². The molecule has 3 N–H and O–H groups in total. The van der Waals surface area contributed by atoms with Gasteiger partial charge in [-0.25, -0.2) is 0 Å². The van der Waals surface area contributed by atoms with Crippen LogP contribution in [0, 0.1) is 6.92 Å². The van der Waals surface area contributed by atoms with E-state index in [1.165, 1.54) is 16.0 Å². The lowest BCUT2D eigenvalue weighted by Crippen LogP contribution is -2.87. The number of thiophene rings is 1. The molecule has 134 valence electrons. The van der Waals surface area contributed by atoms with Crippen molar-refractivity contribution >= 4 is 46.1 Å². The van der Waals surface area contributed by atoms with Crippen LogP contribution in [-0.2, 0) is 4.79 Å². The molecule has 0 unspecified atom stereocenters. The lowest BCUT2D eigenvalue weighted by molar-refractivity contribution is -0.675. The van der Waals surface area contributed by atoms with Crippen molar-refractivity contribution in [1.82, 2.24) is 0 Å². The number of quaternary nitrogens is 1. The third-order valence-electron chi connectivity index (χ3n) is 4.05. The number of carbonyl (C=O) groups is 1. The molecule has 1 amide bonds. The number of carbonyl (C=O) groups excluding carboxylic acids is 1. The first kappa shape index (κ1) is 18.9. The van der Waals surface area contributed by atoms with Gasteiger partial charge >= 0.3 is 0 Å². The Morgan fingerprint density at radius 1 is 1.12 bits per heavy atom. The summed E-state index contributed by atoms with van der Waals surface area (Å²) in [6.45, 7) is 2.34. The van der Waals surface area contributed by atoms with Gasteiger partial charge in [-0.3, -0.25) is 4.79 Å². The number of anilines is 1. The second-order valence-electron chi connectivity index (χ2n) is 5.99. The zero-order valence-electron chi connectivity index (χ0n) is 14.2. The molecule has 0 spiro atoms.